The van der Waals surface area contributed by atoms with Gasteiger partial charge in [-0.2, -0.15) is 0 Å². The molecule has 0 amide bonds. The molecule has 1 aromatic carbocycles. The Bertz CT molecular complexity index is 588. The predicted molar refractivity (Wildman–Crippen MR) is 71.2 cm³/mol. The first-order valence-corrected chi connectivity index (χ1v) is 6.27. The zero-order valence-electron chi connectivity index (χ0n) is 9.78. The van der Waals surface area contributed by atoms with Gasteiger partial charge in [-0.25, -0.2) is 0 Å². The molecule has 1 aliphatic heterocycles. The molecule has 0 N–H and O–H groups in total. The molecule has 0 saturated carbocycles. The van der Waals surface area contributed by atoms with Crippen molar-refractivity contribution in [2.45, 2.75) is 6.29 Å². The van der Waals surface area contributed by atoms with Gasteiger partial charge in [0.15, 0.2) is 6.29 Å². The number of hydrogen-bond donors (Lipinski definition) is 0. The number of nitrogens with zero attached hydrogens (tertiary/aromatic N) is 1. The van der Waals surface area contributed by atoms with Crippen LogP contribution in [0.3, 0.4) is 0 Å². The minimum atomic E-state index is -0.325. The van der Waals surface area contributed by atoms with E-state index in [-0.39, 0.29) is 6.29 Å². The first-order valence-electron chi connectivity index (χ1n) is 5.86. The Morgan fingerprint density at radius 1 is 1.00 bits per heavy atom. The van der Waals surface area contributed by atoms with Crippen molar-refractivity contribution in [2.75, 3.05) is 13.2 Å². The summed E-state index contributed by atoms with van der Waals surface area (Å²) < 4.78 is 13.7. The fraction of sp³-hybridized carbons (Fsp3) is 0.214. The minimum Gasteiger partial charge on any atom is -0.346 e. The van der Waals surface area contributed by atoms with Crippen molar-refractivity contribution in [2.24, 2.45) is 0 Å². The van der Waals surface area contributed by atoms with Crippen LogP contribution < -0.4 is 0 Å². The van der Waals surface area contributed by atoms with Crippen LogP contribution >= 0.6 is 12.2 Å². The second kappa shape index (κ2) is 5.02. The standard InChI is InChI=1S/C14H13NO2S/c18-13-12(14-16-9-10-17-14)7-4-8-15(13)11-5-2-1-3-6-11/h1-8,14H,9-10H2. The van der Waals surface area contributed by atoms with Crippen molar-refractivity contribution in [1.29, 1.82) is 0 Å². The van der Waals surface area contributed by atoms with Crippen molar-refractivity contribution in [3.8, 4) is 5.69 Å². The lowest BCUT2D eigenvalue weighted by Crippen LogP contribution is -2.05. The molecule has 1 saturated heterocycles. The molecule has 0 bridgehead atoms. The number of ether oxygens (including phenoxy) is 2. The maximum absolute atomic E-state index is 5.51. The Kier molecular flexibility index (Phi) is 3.23. The maximum atomic E-state index is 5.51. The largest absolute Gasteiger partial charge is 0.346 e. The monoisotopic (exact) mass is 259 g/mol. The summed E-state index contributed by atoms with van der Waals surface area (Å²) in [6.07, 6.45) is 1.63. The number of aromatic nitrogens is 1. The van der Waals surface area contributed by atoms with Crippen molar-refractivity contribution in [3.63, 3.8) is 0 Å². The highest BCUT2D eigenvalue weighted by atomic mass is 32.1. The SMILES string of the molecule is S=c1c(C2OCCO2)cccn1-c1ccccc1. The van der Waals surface area contributed by atoms with E-state index in [2.05, 4.69) is 0 Å². The summed E-state index contributed by atoms with van der Waals surface area (Å²) in [5, 5.41) is 0. The summed E-state index contributed by atoms with van der Waals surface area (Å²) in [6.45, 7) is 1.25. The molecule has 92 valence electrons. The summed E-state index contributed by atoms with van der Waals surface area (Å²) in [5.74, 6) is 0. The first kappa shape index (κ1) is 11.6. The molecule has 18 heavy (non-hydrogen) atoms. The Balaban J connectivity index is 2.07. The van der Waals surface area contributed by atoms with E-state index >= 15 is 0 Å². The van der Waals surface area contributed by atoms with E-state index in [1.165, 1.54) is 0 Å². The normalized spacial score (nSPS) is 16.0. The Labute approximate surface area is 111 Å². The minimum absolute atomic E-state index is 0.325. The van der Waals surface area contributed by atoms with Gasteiger partial charge in [-0.1, -0.05) is 30.4 Å². The molecule has 3 nitrogen and oxygen atoms in total. The number of para-hydroxylation sites is 1. The molecular weight excluding hydrogens is 246 g/mol. The van der Waals surface area contributed by atoms with Crippen LogP contribution in [0.4, 0.5) is 0 Å². The smallest absolute Gasteiger partial charge is 0.186 e. The predicted octanol–water partition coefficient (Wildman–Crippen LogP) is 3.25. The van der Waals surface area contributed by atoms with E-state index in [0.717, 1.165) is 15.9 Å². The third-order valence-electron chi connectivity index (χ3n) is 2.89. The molecule has 1 aliphatic rings. The van der Waals surface area contributed by atoms with Crippen molar-refractivity contribution < 1.29 is 9.47 Å². The van der Waals surface area contributed by atoms with Gasteiger partial charge >= 0.3 is 0 Å². The molecule has 4 heteroatoms. The second-order valence-electron chi connectivity index (χ2n) is 4.05. The summed E-state index contributed by atoms with van der Waals surface area (Å²) in [5.41, 5.74) is 1.95. The van der Waals surface area contributed by atoms with Crippen LogP contribution in [0.1, 0.15) is 11.9 Å². The molecule has 1 aromatic heterocycles. The summed E-state index contributed by atoms with van der Waals surface area (Å²) in [6, 6.07) is 13.9. The zero-order valence-corrected chi connectivity index (χ0v) is 10.6. The number of rotatable bonds is 2. The van der Waals surface area contributed by atoms with Crippen LogP contribution in [-0.4, -0.2) is 17.8 Å². The molecule has 3 rings (SSSR count). The van der Waals surface area contributed by atoms with Gasteiger partial charge in [-0.05, 0) is 24.3 Å². The van der Waals surface area contributed by atoms with E-state index in [1.54, 1.807) is 0 Å². The van der Waals surface area contributed by atoms with Crippen molar-refractivity contribution >= 4 is 12.2 Å². The summed E-state index contributed by atoms with van der Waals surface area (Å²) >= 11 is 5.51. The van der Waals surface area contributed by atoms with Gasteiger partial charge in [0.05, 0.1) is 13.2 Å². The molecule has 0 atom stereocenters. The lowest BCUT2D eigenvalue weighted by molar-refractivity contribution is -0.0448. The highest BCUT2D eigenvalue weighted by molar-refractivity contribution is 7.71. The molecule has 0 unspecified atom stereocenters. The lowest BCUT2D eigenvalue weighted by Gasteiger charge is -2.13. The Hall–Kier alpha value is -1.49. The Morgan fingerprint density at radius 2 is 1.72 bits per heavy atom. The van der Waals surface area contributed by atoms with E-state index in [0.29, 0.717) is 13.2 Å². The molecule has 2 aromatic rings. The van der Waals surface area contributed by atoms with E-state index in [4.69, 9.17) is 21.7 Å². The number of hydrogen-bond acceptors (Lipinski definition) is 3. The first-order chi connectivity index (χ1) is 8.86. The van der Waals surface area contributed by atoms with Crippen LogP contribution in [0.2, 0.25) is 0 Å². The Morgan fingerprint density at radius 3 is 2.44 bits per heavy atom. The van der Waals surface area contributed by atoms with E-state index in [1.807, 2.05) is 53.2 Å². The molecule has 1 fully saturated rings. The van der Waals surface area contributed by atoms with Gasteiger partial charge in [0, 0.05) is 17.4 Å². The summed E-state index contributed by atoms with van der Waals surface area (Å²) in [7, 11) is 0. The fourth-order valence-corrected chi connectivity index (χ4v) is 2.35. The quantitative estimate of drug-likeness (QED) is 0.773. The fourth-order valence-electron chi connectivity index (χ4n) is 2.02. The summed E-state index contributed by atoms with van der Waals surface area (Å²) in [4.78, 5) is 0. The average molecular weight is 259 g/mol. The lowest BCUT2D eigenvalue weighted by atomic mass is 10.2. The van der Waals surface area contributed by atoms with Crippen LogP contribution in [-0.2, 0) is 9.47 Å². The van der Waals surface area contributed by atoms with E-state index < -0.39 is 0 Å². The molecular formula is C14H13NO2S. The van der Waals surface area contributed by atoms with Gasteiger partial charge in [-0.15, -0.1) is 0 Å². The highest BCUT2D eigenvalue weighted by Crippen LogP contribution is 2.25. The third-order valence-corrected chi connectivity index (χ3v) is 3.32. The maximum Gasteiger partial charge on any atom is 0.186 e. The molecule has 0 aliphatic carbocycles. The molecule has 0 radical (unpaired) electrons. The van der Waals surface area contributed by atoms with Gasteiger partial charge < -0.3 is 14.0 Å². The van der Waals surface area contributed by atoms with Crippen molar-refractivity contribution in [3.05, 3.63) is 58.9 Å². The van der Waals surface area contributed by atoms with Gasteiger partial charge in [0.1, 0.15) is 4.64 Å². The highest BCUT2D eigenvalue weighted by Gasteiger charge is 2.20. The average Bonchev–Trinajstić information content (AvgIpc) is 2.94. The van der Waals surface area contributed by atoms with Crippen LogP contribution in [0.5, 0.6) is 0 Å². The second-order valence-corrected chi connectivity index (χ2v) is 4.43. The number of benzene rings is 1. The third kappa shape index (κ3) is 2.10. The van der Waals surface area contributed by atoms with Crippen LogP contribution in [0, 0.1) is 4.64 Å². The molecule has 0 spiro atoms. The van der Waals surface area contributed by atoms with Gasteiger partial charge in [0.25, 0.3) is 0 Å². The van der Waals surface area contributed by atoms with Crippen molar-refractivity contribution in [1.82, 2.24) is 4.57 Å². The van der Waals surface area contributed by atoms with Crippen LogP contribution in [0.25, 0.3) is 5.69 Å². The molecule has 2 heterocycles. The van der Waals surface area contributed by atoms with Crippen LogP contribution in [0.15, 0.2) is 48.7 Å². The number of pyridine rings is 1. The zero-order chi connectivity index (χ0) is 12.4. The van der Waals surface area contributed by atoms with Gasteiger partial charge in [0.2, 0.25) is 0 Å². The van der Waals surface area contributed by atoms with E-state index in [9.17, 15) is 0 Å². The topological polar surface area (TPSA) is 23.4 Å². The van der Waals surface area contributed by atoms with Gasteiger partial charge in [-0.3, -0.25) is 0 Å².